The van der Waals surface area contributed by atoms with Gasteiger partial charge in [0, 0.05) is 0 Å². The van der Waals surface area contributed by atoms with Crippen molar-refractivity contribution in [1.29, 1.82) is 0 Å². The Morgan fingerprint density at radius 2 is 1.80 bits per heavy atom. The van der Waals surface area contributed by atoms with Crippen molar-refractivity contribution in [2.45, 2.75) is 11.0 Å². The monoisotopic (exact) mass is 364 g/mol. The van der Waals surface area contributed by atoms with E-state index in [4.69, 9.17) is 14.2 Å². The Morgan fingerprint density at radius 3 is 2.48 bits per heavy atom. The van der Waals surface area contributed by atoms with Gasteiger partial charge in [0.25, 0.3) is 15.9 Å². The molecule has 1 atom stereocenters. The lowest BCUT2D eigenvalue weighted by atomic mass is 10.2. The summed E-state index contributed by atoms with van der Waals surface area (Å²) in [5.74, 6) is 0.818. The van der Waals surface area contributed by atoms with Crippen LogP contribution < -0.4 is 24.5 Å². The molecule has 0 unspecified atom stereocenters. The molecule has 0 saturated carbocycles. The Hall–Kier alpha value is -2.78. The molecule has 25 heavy (non-hydrogen) atoms. The first-order chi connectivity index (χ1) is 12.0. The van der Waals surface area contributed by atoms with E-state index >= 15 is 0 Å². The third-order valence-corrected chi connectivity index (χ3v) is 4.74. The topological polar surface area (TPSA) is 103 Å². The first-order valence-corrected chi connectivity index (χ1v) is 8.82. The molecular weight excluding hydrogens is 348 g/mol. The molecule has 3 rings (SSSR count). The lowest BCUT2D eigenvalue weighted by molar-refractivity contribution is -0.130. The van der Waals surface area contributed by atoms with Crippen molar-refractivity contribution < 1.29 is 27.4 Å². The summed E-state index contributed by atoms with van der Waals surface area (Å²) >= 11 is 0. The molecule has 0 aliphatic carbocycles. The van der Waals surface area contributed by atoms with Gasteiger partial charge in [0.2, 0.25) is 6.10 Å². The number of hydrazine groups is 1. The average molecular weight is 364 g/mol. The molecule has 0 bridgehead atoms. The van der Waals surface area contributed by atoms with Gasteiger partial charge in [-0.25, -0.2) is 8.42 Å². The number of sulfonamides is 1. The second kappa shape index (κ2) is 6.99. The second-order valence-electron chi connectivity index (χ2n) is 5.13. The summed E-state index contributed by atoms with van der Waals surface area (Å²) in [7, 11) is -2.43. The van der Waals surface area contributed by atoms with Gasteiger partial charge in [-0.15, -0.1) is 4.83 Å². The number of methoxy groups -OCH3 is 1. The van der Waals surface area contributed by atoms with Crippen LogP contribution in [0.5, 0.6) is 17.2 Å². The third kappa shape index (κ3) is 3.83. The summed E-state index contributed by atoms with van der Waals surface area (Å²) in [5, 5.41) is 0. The molecule has 0 fully saturated rings. The second-order valence-corrected chi connectivity index (χ2v) is 6.82. The molecule has 0 radical (unpaired) electrons. The number of carbonyl (C=O) groups excluding carboxylic acids is 1. The molecule has 0 aromatic heterocycles. The maximum Gasteiger partial charge on any atom is 0.279 e. The number of ether oxygens (including phenoxy) is 3. The largest absolute Gasteiger partial charge is 0.497 e. The molecule has 2 aromatic carbocycles. The van der Waals surface area contributed by atoms with Gasteiger partial charge < -0.3 is 14.2 Å². The van der Waals surface area contributed by atoms with E-state index in [9.17, 15) is 13.2 Å². The van der Waals surface area contributed by atoms with Gasteiger partial charge >= 0.3 is 0 Å². The number of benzene rings is 2. The number of rotatable bonds is 5. The Bertz CT molecular complexity index is 866. The highest BCUT2D eigenvalue weighted by Crippen LogP contribution is 2.30. The van der Waals surface area contributed by atoms with Gasteiger partial charge in [0.15, 0.2) is 11.5 Å². The molecule has 0 spiro atoms. The highest BCUT2D eigenvalue weighted by Gasteiger charge is 2.28. The van der Waals surface area contributed by atoms with Crippen molar-refractivity contribution in [3.05, 3.63) is 48.5 Å². The minimum atomic E-state index is -3.91. The van der Waals surface area contributed by atoms with Crippen LogP contribution in [-0.2, 0) is 14.8 Å². The summed E-state index contributed by atoms with van der Waals surface area (Å²) in [5.41, 5.74) is 2.14. The lowest BCUT2D eigenvalue weighted by Gasteiger charge is -2.25. The van der Waals surface area contributed by atoms with Gasteiger partial charge in [0.05, 0.1) is 12.0 Å². The molecule has 2 N–H and O–H groups in total. The third-order valence-electron chi connectivity index (χ3n) is 3.48. The molecule has 1 heterocycles. The van der Waals surface area contributed by atoms with Crippen LogP contribution in [0.3, 0.4) is 0 Å². The van der Waals surface area contributed by atoms with Crippen LogP contribution in [0.25, 0.3) is 0 Å². The fraction of sp³-hybridized carbons (Fsp3) is 0.188. The van der Waals surface area contributed by atoms with E-state index in [1.165, 1.54) is 31.4 Å². The number of fused-ring (bicyclic) bond motifs is 1. The van der Waals surface area contributed by atoms with Gasteiger partial charge in [-0.2, -0.15) is 0 Å². The minimum Gasteiger partial charge on any atom is -0.497 e. The molecule has 0 saturated heterocycles. The summed E-state index contributed by atoms with van der Waals surface area (Å²) in [6.45, 7) is -0.0207. The number of amides is 1. The van der Waals surface area contributed by atoms with Crippen molar-refractivity contribution >= 4 is 15.9 Å². The van der Waals surface area contributed by atoms with Crippen LogP contribution >= 0.6 is 0 Å². The standard InChI is InChI=1S/C16H16N2O6S/c1-22-11-6-8-12(9-7-11)25(20,21)18-17-16(19)15-10-23-13-4-2-3-5-14(13)24-15/h2-9,15,18H,10H2,1H3,(H,17,19)/t15-/m1/s1. The van der Waals surface area contributed by atoms with E-state index in [1.54, 1.807) is 24.3 Å². The first kappa shape index (κ1) is 17.1. The molecule has 2 aromatic rings. The normalized spacial score (nSPS) is 16.1. The highest BCUT2D eigenvalue weighted by atomic mass is 32.2. The molecule has 1 aliphatic rings. The number of nitrogens with one attached hydrogen (secondary N) is 2. The Kier molecular flexibility index (Phi) is 4.77. The number of carbonyl (C=O) groups is 1. The zero-order valence-electron chi connectivity index (χ0n) is 13.3. The van der Waals surface area contributed by atoms with Gasteiger partial charge in [-0.3, -0.25) is 10.2 Å². The summed E-state index contributed by atoms with van der Waals surface area (Å²) < 4.78 is 40.3. The van der Waals surface area contributed by atoms with Crippen LogP contribution in [0, 0.1) is 0 Å². The summed E-state index contributed by atoms with van der Waals surface area (Å²) in [6, 6.07) is 12.6. The van der Waals surface area contributed by atoms with Crippen LogP contribution in [0.2, 0.25) is 0 Å². The van der Waals surface area contributed by atoms with Gasteiger partial charge in [-0.05, 0) is 36.4 Å². The molecule has 132 valence electrons. The Morgan fingerprint density at radius 1 is 1.12 bits per heavy atom. The van der Waals surface area contributed by atoms with Crippen molar-refractivity contribution in [1.82, 2.24) is 10.3 Å². The number of hydrogen-bond donors (Lipinski definition) is 2. The lowest BCUT2D eigenvalue weighted by Crippen LogP contribution is -2.50. The van der Waals surface area contributed by atoms with Crippen LogP contribution in [0.4, 0.5) is 0 Å². The molecular formula is C16H16N2O6S. The van der Waals surface area contributed by atoms with E-state index < -0.39 is 22.0 Å². The van der Waals surface area contributed by atoms with Crippen molar-refractivity contribution in [2.24, 2.45) is 0 Å². The minimum absolute atomic E-state index is 0.0141. The predicted molar refractivity (Wildman–Crippen MR) is 87.8 cm³/mol. The zero-order valence-corrected chi connectivity index (χ0v) is 14.1. The summed E-state index contributed by atoms with van der Waals surface area (Å²) in [4.78, 5) is 14.1. The van der Waals surface area contributed by atoms with E-state index in [0.29, 0.717) is 17.2 Å². The highest BCUT2D eigenvalue weighted by molar-refractivity contribution is 7.89. The Balaban J connectivity index is 1.62. The van der Waals surface area contributed by atoms with E-state index in [1.807, 2.05) is 4.83 Å². The van der Waals surface area contributed by atoms with Crippen LogP contribution in [0.1, 0.15) is 0 Å². The Labute approximate surface area is 144 Å². The van der Waals surface area contributed by atoms with Gasteiger partial charge in [0.1, 0.15) is 12.4 Å². The number of para-hydroxylation sites is 2. The maximum atomic E-state index is 12.2. The molecule has 8 nitrogen and oxygen atoms in total. The van der Waals surface area contributed by atoms with Crippen LogP contribution in [-0.4, -0.2) is 34.1 Å². The number of hydrogen-bond acceptors (Lipinski definition) is 6. The molecule has 9 heteroatoms. The van der Waals surface area contributed by atoms with E-state index in [-0.39, 0.29) is 11.5 Å². The zero-order chi connectivity index (χ0) is 17.9. The average Bonchev–Trinajstić information content (AvgIpc) is 2.65. The molecule has 1 amide bonds. The maximum absolute atomic E-state index is 12.2. The quantitative estimate of drug-likeness (QED) is 0.763. The first-order valence-electron chi connectivity index (χ1n) is 7.34. The van der Waals surface area contributed by atoms with Crippen molar-refractivity contribution in [3.63, 3.8) is 0 Å². The van der Waals surface area contributed by atoms with Crippen LogP contribution in [0.15, 0.2) is 53.4 Å². The summed E-state index contributed by atoms with van der Waals surface area (Å²) in [6.07, 6.45) is -0.964. The smallest absolute Gasteiger partial charge is 0.279 e. The fourth-order valence-corrected chi connectivity index (χ4v) is 3.01. The fourth-order valence-electron chi connectivity index (χ4n) is 2.16. The molecule has 1 aliphatic heterocycles. The van der Waals surface area contributed by atoms with Crippen molar-refractivity contribution in [3.8, 4) is 17.2 Å². The van der Waals surface area contributed by atoms with E-state index in [2.05, 4.69) is 5.43 Å². The van der Waals surface area contributed by atoms with Crippen molar-refractivity contribution in [2.75, 3.05) is 13.7 Å². The van der Waals surface area contributed by atoms with E-state index in [0.717, 1.165) is 0 Å². The predicted octanol–water partition coefficient (Wildman–Crippen LogP) is 0.845. The SMILES string of the molecule is COc1ccc(S(=O)(=O)NNC(=O)[C@H]2COc3ccccc3O2)cc1. The van der Waals surface area contributed by atoms with Gasteiger partial charge in [-0.1, -0.05) is 12.1 Å².